The number of ether oxygens (including phenoxy) is 1. The number of rotatable bonds is 2. The molecule has 0 N–H and O–H groups in total. The fourth-order valence-electron chi connectivity index (χ4n) is 1.24. The van der Waals surface area contributed by atoms with Crippen LogP contribution in [-0.2, 0) is 10.9 Å². The van der Waals surface area contributed by atoms with Crippen LogP contribution in [0.15, 0.2) is 6.20 Å². The van der Waals surface area contributed by atoms with E-state index in [-0.39, 0.29) is 3.70 Å². The van der Waals surface area contributed by atoms with Crippen LogP contribution >= 0.6 is 22.6 Å². The minimum atomic E-state index is -4.97. The maximum atomic E-state index is 12.7. The Labute approximate surface area is 111 Å². The first kappa shape index (κ1) is 15.1. The predicted molar refractivity (Wildman–Crippen MR) is 58.3 cm³/mol. The first-order chi connectivity index (χ1) is 8.20. The van der Waals surface area contributed by atoms with E-state index < -0.39 is 35.3 Å². The van der Waals surface area contributed by atoms with Crippen LogP contribution in [0.1, 0.15) is 27.9 Å². The van der Waals surface area contributed by atoms with E-state index in [4.69, 9.17) is 0 Å². The van der Waals surface area contributed by atoms with E-state index in [2.05, 4.69) is 9.72 Å². The number of carbonyl (C=O) groups is 1. The molecule has 0 aliphatic rings. The van der Waals surface area contributed by atoms with Crippen LogP contribution in [-0.4, -0.2) is 18.1 Å². The Morgan fingerprint density at radius 3 is 2.39 bits per heavy atom. The summed E-state index contributed by atoms with van der Waals surface area (Å²) in [5, 5.41) is 0. The lowest BCUT2D eigenvalue weighted by atomic mass is 10.0. The average molecular weight is 381 g/mol. The Kier molecular flexibility index (Phi) is 4.46. The monoisotopic (exact) mass is 381 g/mol. The molecule has 0 saturated heterocycles. The molecule has 3 nitrogen and oxygen atoms in total. The molecule has 18 heavy (non-hydrogen) atoms. The normalized spacial score (nSPS) is 11.8. The number of nitrogens with zero attached hydrogens (tertiary/aromatic N) is 1. The molecule has 0 unspecified atom stereocenters. The van der Waals surface area contributed by atoms with E-state index >= 15 is 0 Å². The van der Waals surface area contributed by atoms with Crippen molar-refractivity contribution in [2.45, 2.75) is 12.6 Å². The van der Waals surface area contributed by atoms with E-state index in [1.165, 1.54) is 22.6 Å². The molecule has 0 atom stereocenters. The lowest BCUT2D eigenvalue weighted by molar-refractivity contribution is -0.138. The molecule has 0 spiro atoms. The first-order valence-corrected chi connectivity index (χ1v) is 5.40. The van der Waals surface area contributed by atoms with Gasteiger partial charge in [0.25, 0.3) is 6.43 Å². The molecular weight excluding hydrogens is 376 g/mol. The molecular formula is C9H5F5INO2. The van der Waals surface area contributed by atoms with E-state index in [1.807, 2.05) is 0 Å². The second-order valence-electron chi connectivity index (χ2n) is 3.04. The van der Waals surface area contributed by atoms with Gasteiger partial charge in [0.2, 0.25) is 0 Å². The third-order valence-electron chi connectivity index (χ3n) is 1.98. The first-order valence-electron chi connectivity index (χ1n) is 4.32. The van der Waals surface area contributed by atoms with Crippen LogP contribution < -0.4 is 0 Å². The summed E-state index contributed by atoms with van der Waals surface area (Å²) in [7, 11) is 0.811. The highest BCUT2D eigenvalue weighted by Gasteiger charge is 2.39. The third kappa shape index (κ3) is 2.87. The van der Waals surface area contributed by atoms with Crippen molar-refractivity contribution in [2.24, 2.45) is 0 Å². The van der Waals surface area contributed by atoms with Gasteiger partial charge in [-0.3, -0.25) is 0 Å². The van der Waals surface area contributed by atoms with E-state index in [1.54, 1.807) is 0 Å². The Morgan fingerprint density at radius 2 is 2.00 bits per heavy atom. The molecule has 0 bridgehead atoms. The van der Waals surface area contributed by atoms with Crippen molar-refractivity contribution < 1.29 is 31.5 Å². The lowest BCUT2D eigenvalue weighted by Gasteiger charge is -2.15. The summed E-state index contributed by atoms with van der Waals surface area (Å²) in [5.74, 6) is -1.47. The largest absolute Gasteiger partial charge is 0.465 e. The fourth-order valence-corrected chi connectivity index (χ4v) is 1.88. The number of esters is 1. The van der Waals surface area contributed by atoms with Crippen molar-refractivity contribution in [3.63, 3.8) is 0 Å². The fraction of sp³-hybridized carbons (Fsp3) is 0.333. The zero-order chi connectivity index (χ0) is 14.1. The van der Waals surface area contributed by atoms with Crippen LogP contribution in [0.2, 0.25) is 0 Å². The molecule has 0 fully saturated rings. The number of methoxy groups -OCH3 is 1. The van der Waals surface area contributed by atoms with Gasteiger partial charge in [-0.15, -0.1) is 0 Å². The topological polar surface area (TPSA) is 39.2 Å². The zero-order valence-corrected chi connectivity index (χ0v) is 10.8. The lowest BCUT2D eigenvalue weighted by Crippen LogP contribution is -2.19. The quantitative estimate of drug-likeness (QED) is 0.341. The highest BCUT2D eigenvalue weighted by atomic mass is 127. The Hall–Kier alpha value is -1.00. The molecule has 1 aromatic rings. The summed E-state index contributed by atoms with van der Waals surface area (Å²) in [6, 6.07) is 0. The Balaban J connectivity index is 3.65. The van der Waals surface area contributed by atoms with Crippen molar-refractivity contribution in [1.82, 2.24) is 4.98 Å². The molecule has 0 aromatic carbocycles. The van der Waals surface area contributed by atoms with E-state index in [9.17, 15) is 26.7 Å². The number of hydrogen-bond acceptors (Lipinski definition) is 3. The summed E-state index contributed by atoms with van der Waals surface area (Å²) in [5.41, 5.74) is -3.80. The van der Waals surface area contributed by atoms with Gasteiger partial charge in [-0.25, -0.2) is 18.6 Å². The highest BCUT2D eigenvalue weighted by Crippen LogP contribution is 2.37. The van der Waals surface area contributed by atoms with Gasteiger partial charge in [0, 0.05) is 6.20 Å². The summed E-state index contributed by atoms with van der Waals surface area (Å²) in [6.07, 6.45) is -7.90. The van der Waals surface area contributed by atoms with Crippen molar-refractivity contribution in [1.29, 1.82) is 0 Å². The van der Waals surface area contributed by atoms with Crippen molar-refractivity contribution in [3.8, 4) is 0 Å². The van der Waals surface area contributed by atoms with Crippen LogP contribution in [0.5, 0.6) is 0 Å². The second-order valence-corrected chi connectivity index (χ2v) is 4.06. The highest BCUT2D eigenvalue weighted by molar-refractivity contribution is 14.1. The van der Waals surface area contributed by atoms with E-state index in [0.717, 1.165) is 7.11 Å². The number of alkyl halides is 5. The van der Waals surface area contributed by atoms with Gasteiger partial charge >= 0.3 is 12.1 Å². The van der Waals surface area contributed by atoms with Gasteiger partial charge in [-0.05, 0) is 22.6 Å². The third-order valence-corrected chi connectivity index (χ3v) is 2.84. The number of hydrogen-bond donors (Lipinski definition) is 0. The molecule has 1 aromatic heterocycles. The predicted octanol–water partition coefficient (Wildman–Crippen LogP) is 3.43. The molecule has 0 radical (unpaired) electrons. The van der Waals surface area contributed by atoms with Gasteiger partial charge in [0.05, 0.1) is 23.8 Å². The number of carbonyl (C=O) groups excluding carboxylic acids is 1. The number of aromatic nitrogens is 1. The molecule has 0 amide bonds. The van der Waals surface area contributed by atoms with Crippen LogP contribution in [0.4, 0.5) is 22.0 Å². The maximum Gasteiger partial charge on any atom is 0.418 e. The summed E-state index contributed by atoms with van der Waals surface area (Å²) in [6.45, 7) is 0. The molecule has 0 saturated carbocycles. The average Bonchev–Trinajstić information content (AvgIpc) is 2.25. The maximum absolute atomic E-state index is 12.7. The molecule has 9 heteroatoms. The van der Waals surface area contributed by atoms with Gasteiger partial charge in [-0.2, -0.15) is 13.2 Å². The van der Waals surface area contributed by atoms with Crippen LogP contribution in [0.3, 0.4) is 0 Å². The minimum Gasteiger partial charge on any atom is -0.465 e. The van der Waals surface area contributed by atoms with Crippen LogP contribution in [0, 0.1) is 3.70 Å². The zero-order valence-electron chi connectivity index (χ0n) is 8.69. The number of pyridine rings is 1. The standard InChI is InChI=1S/C9H5F5INO2/c1-18-8(17)4-3(9(12,13)14)2-16-7(15)5(4)6(10)11/h2,6H,1H3. The Morgan fingerprint density at radius 1 is 1.44 bits per heavy atom. The smallest absolute Gasteiger partial charge is 0.418 e. The summed E-state index contributed by atoms with van der Waals surface area (Å²) < 4.78 is 67.1. The van der Waals surface area contributed by atoms with Gasteiger partial charge in [0.1, 0.15) is 3.70 Å². The molecule has 0 aliphatic heterocycles. The molecule has 0 aliphatic carbocycles. The van der Waals surface area contributed by atoms with Gasteiger partial charge < -0.3 is 4.74 Å². The Bertz CT molecular complexity index is 475. The van der Waals surface area contributed by atoms with E-state index in [0.29, 0.717) is 6.20 Å². The minimum absolute atomic E-state index is 0.333. The summed E-state index contributed by atoms with van der Waals surface area (Å²) >= 11 is 1.33. The van der Waals surface area contributed by atoms with Crippen molar-refractivity contribution in [3.05, 3.63) is 26.6 Å². The molecule has 1 heterocycles. The molecule has 100 valence electrons. The van der Waals surface area contributed by atoms with Crippen LogP contribution in [0.25, 0.3) is 0 Å². The SMILES string of the molecule is COC(=O)c1c(C(F)(F)F)cnc(I)c1C(F)F. The van der Waals surface area contributed by atoms with Gasteiger partial charge in [0.15, 0.2) is 0 Å². The molecule has 1 rings (SSSR count). The van der Waals surface area contributed by atoms with Crippen molar-refractivity contribution >= 4 is 28.6 Å². The second kappa shape index (κ2) is 5.33. The van der Waals surface area contributed by atoms with Gasteiger partial charge in [-0.1, -0.05) is 0 Å². The van der Waals surface area contributed by atoms with Crippen molar-refractivity contribution in [2.75, 3.05) is 7.11 Å². The number of halogens is 6. The summed E-state index contributed by atoms with van der Waals surface area (Å²) in [4.78, 5) is 14.5.